The highest BCUT2D eigenvalue weighted by Gasteiger charge is 2.60. The summed E-state index contributed by atoms with van der Waals surface area (Å²) in [4.78, 5) is 28.2. The van der Waals surface area contributed by atoms with E-state index in [0.29, 0.717) is 38.6 Å². The molecule has 0 bridgehead atoms. The van der Waals surface area contributed by atoms with E-state index in [0.717, 1.165) is 17.0 Å². The lowest BCUT2D eigenvalue weighted by Crippen LogP contribution is -2.54. The molecule has 1 atom stereocenters. The zero-order valence-electron chi connectivity index (χ0n) is 22.3. The number of hydrogen-bond acceptors (Lipinski definition) is 5. The summed E-state index contributed by atoms with van der Waals surface area (Å²) in [6.07, 6.45) is -19.3. The van der Waals surface area contributed by atoms with E-state index < -0.39 is 53.8 Å². The zero-order valence-corrected chi connectivity index (χ0v) is 22.3. The number of carboxylic acid groups (broad SMARTS) is 1. The highest BCUT2D eigenvalue weighted by Crippen LogP contribution is 2.42. The lowest BCUT2D eigenvalue weighted by molar-refractivity contribution is -0.308. The molecule has 0 saturated carbocycles. The van der Waals surface area contributed by atoms with Crippen molar-refractivity contribution in [2.24, 2.45) is 0 Å². The molecule has 42 heavy (non-hydrogen) atoms. The summed E-state index contributed by atoms with van der Waals surface area (Å²) in [5, 5.41) is 9.63. The summed E-state index contributed by atoms with van der Waals surface area (Å²) in [7, 11) is 0. The van der Waals surface area contributed by atoms with Crippen molar-refractivity contribution >= 4 is 17.7 Å². The number of aliphatic carboxylic acids is 1. The van der Waals surface area contributed by atoms with Gasteiger partial charge < -0.3 is 19.6 Å². The fraction of sp³-hybridized carbons (Fsp3) is 0.692. The third-order valence-electron chi connectivity index (χ3n) is 8.30. The Balaban J connectivity index is 1.50. The quantitative estimate of drug-likeness (QED) is 0.396. The van der Waals surface area contributed by atoms with Gasteiger partial charge in [0.1, 0.15) is 6.04 Å². The average molecular weight is 620 g/mol. The van der Waals surface area contributed by atoms with Gasteiger partial charge in [0.05, 0.1) is 5.56 Å². The van der Waals surface area contributed by atoms with Gasteiger partial charge in [-0.2, -0.15) is 39.5 Å². The third kappa shape index (κ3) is 7.00. The predicted molar refractivity (Wildman–Crippen MR) is 130 cm³/mol. The first kappa shape index (κ1) is 32.0. The van der Waals surface area contributed by atoms with E-state index in [2.05, 4.69) is 4.74 Å². The molecule has 0 radical (unpaired) electrons. The second-order valence-electron chi connectivity index (χ2n) is 11.0. The van der Waals surface area contributed by atoms with E-state index in [1.807, 2.05) is 4.90 Å². The summed E-state index contributed by atoms with van der Waals surface area (Å²) in [6, 6.07) is 2.50. The van der Waals surface area contributed by atoms with Crippen LogP contribution in [0.3, 0.4) is 0 Å². The molecular weight excluding hydrogens is 589 g/mol. The number of carbonyl (C=O) groups excluding carboxylic acids is 1. The summed E-state index contributed by atoms with van der Waals surface area (Å²) >= 11 is 0. The molecule has 1 spiro atoms. The maximum absolute atomic E-state index is 13.9. The number of amides is 1. The molecule has 0 aliphatic carbocycles. The van der Waals surface area contributed by atoms with Gasteiger partial charge in [-0.3, -0.25) is 4.90 Å². The summed E-state index contributed by atoms with van der Waals surface area (Å²) in [5.41, 5.74) is -1.13. The minimum Gasteiger partial charge on any atom is -0.480 e. The smallest absolute Gasteiger partial charge is 0.434 e. The van der Waals surface area contributed by atoms with Gasteiger partial charge in [0, 0.05) is 37.4 Å². The Kier molecular flexibility index (Phi) is 8.87. The Morgan fingerprint density at radius 3 is 2.10 bits per heavy atom. The first-order chi connectivity index (χ1) is 19.4. The van der Waals surface area contributed by atoms with Crippen molar-refractivity contribution in [2.45, 2.75) is 87.7 Å². The topological polar surface area (TPSA) is 73.3 Å². The van der Waals surface area contributed by atoms with Crippen LogP contribution in [0.5, 0.6) is 0 Å². The number of halogens is 9. The van der Waals surface area contributed by atoms with E-state index in [1.54, 1.807) is 0 Å². The molecule has 1 N–H and O–H groups in total. The van der Waals surface area contributed by atoms with E-state index in [1.165, 1.54) is 11.0 Å². The molecule has 3 saturated heterocycles. The fourth-order valence-electron chi connectivity index (χ4n) is 6.22. The largest absolute Gasteiger partial charge is 0.480 e. The molecule has 3 aliphatic rings. The Morgan fingerprint density at radius 1 is 0.881 bits per heavy atom. The number of benzene rings is 1. The normalized spacial score (nSPS) is 22.2. The number of ether oxygens (including phenoxy) is 1. The third-order valence-corrected chi connectivity index (χ3v) is 8.30. The average Bonchev–Trinajstić information content (AvgIpc) is 3.26. The van der Waals surface area contributed by atoms with Crippen molar-refractivity contribution in [3.63, 3.8) is 0 Å². The van der Waals surface area contributed by atoms with Crippen molar-refractivity contribution in [3.05, 3.63) is 29.3 Å². The molecule has 1 aromatic rings. The van der Waals surface area contributed by atoms with Gasteiger partial charge in [0.15, 0.2) is 0 Å². The van der Waals surface area contributed by atoms with Crippen LogP contribution >= 0.6 is 0 Å². The van der Waals surface area contributed by atoms with Crippen LogP contribution in [0.15, 0.2) is 18.2 Å². The maximum atomic E-state index is 13.9. The number of likely N-dealkylation sites (tertiary alicyclic amines) is 2. The minimum atomic E-state index is -5.84. The minimum absolute atomic E-state index is 0.0527. The first-order valence-electron chi connectivity index (χ1n) is 13.5. The second-order valence-corrected chi connectivity index (χ2v) is 11.0. The van der Waals surface area contributed by atoms with Gasteiger partial charge in [-0.15, -0.1) is 0 Å². The maximum Gasteiger partial charge on any atom is 0.434 e. The van der Waals surface area contributed by atoms with Gasteiger partial charge in [-0.25, -0.2) is 9.59 Å². The zero-order chi connectivity index (χ0) is 31.1. The van der Waals surface area contributed by atoms with Crippen LogP contribution in [0.2, 0.25) is 0 Å². The van der Waals surface area contributed by atoms with Crippen molar-refractivity contribution in [3.8, 4) is 0 Å². The number of carboxylic acids is 1. The molecule has 3 fully saturated rings. The molecule has 3 aliphatic heterocycles. The number of rotatable bonds is 5. The van der Waals surface area contributed by atoms with E-state index in [4.69, 9.17) is 0 Å². The molecular formula is C26H30F9N3O4. The summed E-state index contributed by atoms with van der Waals surface area (Å²) < 4.78 is 122. The first-order valence-corrected chi connectivity index (χ1v) is 13.5. The van der Waals surface area contributed by atoms with Crippen LogP contribution in [0.25, 0.3) is 0 Å². The van der Waals surface area contributed by atoms with E-state index in [-0.39, 0.29) is 50.3 Å². The number of hydrogen-bond donors (Lipinski definition) is 1. The van der Waals surface area contributed by atoms with E-state index >= 15 is 0 Å². The molecule has 16 heteroatoms. The Hall–Kier alpha value is -2.91. The number of piperidine rings is 2. The predicted octanol–water partition coefficient (Wildman–Crippen LogP) is 6.21. The van der Waals surface area contributed by atoms with Crippen LogP contribution in [0.1, 0.15) is 56.1 Å². The van der Waals surface area contributed by atoms with Crippen molar-refractivity contribution in [2.75, 3.05) is 31.1 Å². The van der Waals surface area contributed by atoms with Crippen LogP contribution in [-0.2, 0) is 22.3 Å². The van der Waals surface area contributed by atoms with Gasteiger partial charge in [-0.05, 0) is 75.3 Å². The van der Waals surface area contributed by atoms with Crippen LogP contribution in [0.4, 0.5) is 50.0 Å². The number of anilines is 1. The Morgan fingerprint density at radius 2 is 1.52 bits per heavy atom. The van der Waals surface area contributed by atoms with Crippen LogP contribution in [-0.4, -0.2) is 83.2 Å². The molecule has 4 rings (SSSR count). The summed E-state index contributed by atoms with van der Waals surface area (Å²) in [5.74, 6) is -1.13. The fourth-order valence-corrected chi connectivity index (χ4v) is 6.22. The Labute approximate surface area is 235 Å². The summed E-state index contributed by atoms with van der Waals surface area (Å²) in [6.45, 7) is 0.416. The monoisotopic (exact) mass is 619 g/mol. The number of carbonyl (C=O) groups is 2. The van der Waals surface area contributed by atoms with Gasteiger partial charge in [0.2, 0.25) is 0 Å². The SMILES string of the molecule is O=C(O)[C@@H]1CCCCN1c1cc(CN2CCCC23CCN(C(=O)OC(C(F)(F)F)C(F)(F)F)CC3)cc(C(F)(F)F)c1. The molecule has 1 aromatic carbocycles. The van der Waals surface area contributed by atoms with Crippen LogP contribution < -0.4 is 4.90 Å². The standard InChI is InChI=1S/C26H30F9N3O4/c27-24(28,29)17-12-16(13-18(14-17)38-9-2-1-4-19(38)20(39)40)15-37-8-3-5-23(37)6-10-36(11-7-23)22(41)42-21(25(30,31)32)26(33,34)35/h12-14,19,21H,1-11,15H2,(H,39,40)/t19-/m0/s1. The van der Waals surface area contributed by atoms with Crippen molar-refractivity contribution in [1.82, 2.24) is 9.80 Å². The van der Waals surface area contributed by atoms with Gasteiger partial charge in [-0.1, -0.05) is 0 Å². The molecule has 3 heterocycles. The molecule has 1 amide bonds. The number of alkyl halides is 9. The molecule has 236 valence electrons. The van der Waals surface area contributed by atoms with Crippen LogP contribution in [0, 0.1) is 0 Å². The highest BCUT2D eigenvalue weighted by molar-refractivity contribution is 5.78. The van der Waals surface area contributed by atoms with E-state index in [9.17, 15) is 54.2 Å². The lowest BCUT2D eigenvalue weighted by atomic mass is 9.84. The number of nitrogens with zero attached hydrogens (tertiary/aromatic N) is 3. The lowest BCUT2D eigenvalue weighted by Gasteiger charge is -2.45. The molecule has 7 nitrogen and oxygen atoms in total. The van der Waals surface area contributed by atoms with Gasteiger partial charge in [0.25, 0.3) is 6.10 Å². The molecule has 0 aromatic heterocycles. The van der Waals surface area contributed by atoms with Crippen molar-refractivity contribution < 1.29 is 58.9 Å². The molecule has 0 unspecified atom stereocenters. The van der Waals surface area contributed by atoms with Crippen molar-refractivity contribution in [1.29, 1.82) is 0 Å². The second kappa shape index (κ2) is 11.6. The highest BCUT2D eigenvalue weighted by atomic mass is 19.4. The Bertz CT molecular complexity index is 1130. The van der Waals surface area contributed by atoms with Gasteiger partial charge >= 0.3 is 30.6 Å².